The van der Waals surface area contributed by atoms with Crippen LogP contribution in [-0.4, -0.2) is 9.97 Å². The Morgan fingerprint density at radius 3 is 2.45 bits per heavy atom. The van der Waals surface area contributed by atoms with Gasteiger partial charge in [0, 0.05) is 6.07 Å². The molecule has 0 spiro atoms. The number of nitrogens with two attached hydrogens (primary N) is 1. The number of rotatable bonds is 2. The molecule has 1 aromatic heterocycles. The van der Waals surface area contributed by atoms with Gasteiger partial charge in [-0.2, -0.15) is 18.2 Å². The van der Waals surface area contributed by atoms with Gasteiger partial charge in [0.05, 0.1) is 0 Å². The lowest BCUT2D eigenvalue weighted by molar-refractivity contribution is -0.141. The summed E-state index contributed by atoms with van der Waals surface area (Å²) in [5.74, 6) is -0.296. The number of anilines is 1. The largest absolute Gasteiger partial charge is 0.439 e. The third-order valence-corrected chi connectivity index (χ3v) is 2.57. The Morgan fingerprint density at radius 1 is 1.10 bits per heavy atom. The molecular formula is C13H12F3N3O. The maximum Gasteiger partial charge on any atom is 0.433 e. The molecule has 1 aromatic carbocycles. The van der Waals surface area contributed by atoms with Crippen molar-refractivity contribution < 1.29 is 17.9 Å². The van der Waals surface area contributed by atoms with Crippen molar-refractivity contribution in [3.63, 3.8) is 0 Å². The van der Waals surface area contributed by atoms with Crippen molar-refractivity contribution in [1.82, 2.24) is 9.97 Å². The molecule has 7 heteroatoms. The summed E-state index contributed by atoms with van der Waals surface area (Å²) in [6.45, 7) is 3.63. The van der Waals surface area contributed by atoms with Gasteiger partial charge in [-0.15, -0.1) is 0 Å². The first-order chi connectivity index (χ1) is 9.25. The number of aromatic nitrogens is 2. The first kappa shape index (κ1) is 14.1. The molecule has 0 fully saturated rings. The average Bonchev–Trinajstić information content (AvgIpc) is 2.32. The Bertz CT molecular complexity index is 641. The van der Waals surface area contributed by atoms with Crippen LogP contribution in [0.25, 0.3) is 0 Å². The third-order valence-electron chi connectivity index (χ3n) is 2.57. The molecule has 1 heterocycles. The Labute approximate surface area is 113 Å². The number of nitrogen functional groups attached to an aromatic ring is 1. The monoisotopic (exact) mass is 283 g/mol. The van der Waals surface area contributed by atoms with Crippen LogP contribution in [0.1, 0.15) is 16.8 Å². The van der Waals surface area contributed by atoms with Crippen LogP contribution in [-0.2, 0) is 6.18 Å². The summed E-state index contributed by atoms with van der Waals surface area (Å²) >= 11 is 0. The van der Waals surface area contributed by atoms with E-state index in [0.717, 1.165) is 17.2 Å². The Balaban J connectivity index is 2.39. The third kappa shape index (κ3) is 3.17. The van der Waals surface area contributed by atoms with Crippen molar-refractivity contribution in [3.8, 4) is 11.6 Å². The van der Waals surface area contributed by atoms with Gasteiger partial charge in [0.2, 0.25) is 11.8 Å². The zero-order valence-electron chi connectivity index (χ0n) is 10.8. The Kier molecular flexibility index (Phi) is 3.52. The van der Waals surface area contributed by atoms with Crippen LogP contribution in [0.2, 0.25) is 0 Å². The number of hydrogen-bond acceptors (Lipinski definition) is 4. The second-order valence-electron chi connectivity index (χ2n) is 4.32. The van der Waals surface area contributed by atoms with Gasteiger partial charge in [-0.1, -0.05) is 12.1 Å². The van der Waals surface area contributed by atoms with Crippen molar-refractivity contribution in [2.24, 2.45) is 0 Å². The first-order valence-corrected chi connectivity index (χ1v) is 5.72. The van der Waals surface area contributed by atoms with E-state index in [2.05, 4.69) is 9.97 Å². The zero-order chi connectivity index (χ0) is 14.9. The lowest BCUT2D eigenvalue weighted by atomic mass is 10.1. The number of alkyl halides is 3. The lowest BCUT2D eigenvalue weighted by Crippen LogP contribution is -2.11. The summed E-state index contributed by atoms with van der Waals surface area (Å²) in [5, 5.41) is 0. The molecule has 0 bridgehead atoms. The van der Waals surface area contributed by atoms with Gasteiger partial charge in [0.15, 0.2) is 5.69 Å². The van der Waals surface area contributed by atoms with E-state index in [9.17, 15) is 13.2 Å². The molecule has 0 aliphatic carbocycles. The number of aryl methyl sites for hydroxylation is 2. The van der Waals surface area contributed by atoms with Crippen molar-refractivity contribution in [2.75, 3.05) is 5.73 Å². The van der Waals surface area contributed by atoms with Gasteiger partial charge in [-0.3, -0.25) is 0 Å². The Morgan fingerprint density at radius 2 is 1.80 bits per heavy atom. The Hall–Kier alpha value is -2.31. The highest BCUT2D eigenvalue weighted by Crippen LogP contribution is 2.32. The summed E-state index contributed by atoms with van der Waals surface area (Å²) in [4.78, 5) is 6.81. The van der Waals surface area contributed by atoms with E-state index in [-0.39, 0.29) is 5.88 Å². The molecule has 2 aromatic rings. The van der Waals surface area contributed by atoms with E-state index in [1.807, 2.05) is 13.0 Å². The molecule has 0 aliphatic heterocycles. The van der Waals surface area contributed by atoms with Crippen LogP contribution in [0.5, 0.6) is 11.6 Å². The van der Waals surface area contributed by atoms with Crippen molar-refractivity contribution >= 4 is 5.95 Å². The van der Waals surface area contributed by atoms with Crippen LogP contribution in [0, 0.1) is 13.8 Å². The van der Waals surface area contributed by atoms with Crippen LogP contribution in [0.4, 0.5) is 19.1 Å². The van der Waals surface area contributed by atoms with Crippen molar-refractivity contribution in [1.29, 1.82) is 0 Å². The standard InChI is InChI=1S/C13H12F3N3O/c1-7-3-4-8(2)9(5-7)20-11-6-10(13(14,15)16)18-12(17)19-11/h3-6H,1-2H3,(H2,17,18,19). The molecule has 2 N–H and O–H groups in total. The molecule has 20 heavy (non-hydrogen) atoms. The molecule has 0 amide bonds. The molecule has 0 saturated carbocycles. The van der Waals surface area contributed by atoms with E-state index in [1.165, 1.54) is 0 Å². The topological polar surface area (TPSA) is 61.0 Å². The fraction of sp³-hybridized carbons (Fsp3) is 0.231. The van der Waals surface area contributed by atoms with E-state index >= 15 is 0 Å². The summed E-state index contributed by atoms with van der Waals surface area (Å²) in [7, 11) is 0. The highest BCUT2D eigenvalue weighted by atomic mass is 19.4. The summed E-state index contributed by atoms with van der Waals surface area (Å²) < 4.78 is 43.3. The van der Waals surface area contributed by atoms with Crippen molar-refractivity contribution in [2.45, 2.75) is 20.0 Å². The summed E-state index contributed by atoms with van der Waals surface area (Å²) in [5.41, 5.74) is 5.84. The molecule has 0 atom stereocenters. The van der Waals surface area contributed by atoms with E-state index < -0.39 is 17.8 Å². The molecule has 106 valence electrons. The normalized spacial score (nSPS) is 11.4. The minimum Gasteiger partial charge on any atom is -0.439 e. The van der Waals surface area contributed by atoms with Crippen LogP contribution in [0.15, 0.2) is 24.3 Å². The number of hydrogen-bond donors (Lipinski definition) is 1. The second kappa shape index (κ2) is 4.99. The van der Waals surface area contributed by atoms with Crippen LogP contribution >= 0.6 is 0 Å². The highest BCUT2D eigenvalue weighted by Gasteiger charge is 2.33. The number of ether oxygens (including phenoxy) is 1. The highest BCUT2D eigenvalue weighted by molar-refractivity contribution is 5.39. The maximum atomic E-state index is 12.6. The molecule has 0 saturated heterocycles. The number of benzene rings is 1. The van der Waals surface area contributed by atoms with Gasteiger partial charge in [-0.25, -0.2) is 4.98 Å². The van der Waals surface area contributed by atoms with E-state index in [4.69, 9.17) is 10.5 Å². The van der Waals surface area contributed by atoms with Crippen LogP contribution in [0.3, 0.4) is 0 Å². The summed E-state index contributed by atoms with van der Waals surface area (Å²) in [6, 6.07) is 6.11. The SMILES string of the molecule is Cc1ccc(C)c(Oc2cc(C(F)(F)F)nc(N)n2)c1. The fourth-order valence-electron chi connectivity index (χ4n) is 1.57. The van der Waals surface area contributed by atoms with Gasteiger partial charge >= 0.3 is 6.18 Å². The predicted molar refractivity (Wildman–Crippen MR) is 67.4 cm³/mol. The zero-order valence-corrected chi connectivity index (χ0v) is 10.8. The molecule has 0 unspecified atom stereocenters. The van der Waals surface area contributed by atoms with E-state index in [1.54, 1.807) is 19.1 Å². The smallest absolute Gasteiger partial charge is 0.433 e. The second-order valence-corrected chi connectivity index (χ2v) is 4.32. The predicted octanol–water partition coefficient (Wildman–Crippen LogP) is 3.49. The van der Waals surface area contributed by atoms with Gasteiger partial charge in [0.1, 0.15) is 5.75 Å². The maximum absolute atomic E-state index is 12.6. The number of nitrogens with zero attached hydrogens (tertiary/aromatic N) is 2. The van der Waals surface area contributed by atoms with Gasteiger partial charge in [-0.05, 0) is 31.0 Å². The minimum atomic E-state index is -4.60. The van der Waals surface area contributed by atoms with Crippen LogP contribution < -0.4 is 10.5 Å². The summed E-state index contributed by atoms with van der Waals surface area (Å²) in [6.07, 6.45) is -4.60. The van der Waals surface area contributed by atoms with E-state index in [0.29, 0.717) is 5.75 Å². The molecular weight excluding hydrogens is 271 g/mol. The minimum absolute atomic E-state index is 0.237. The van der Waals surface area contributed by atoms with Gasteiger partial charge < -0.3 is 10.5 Å². The molecule has 0 aliphatic rings. The molecule has 4 nitrogen and oxygen atoms in total. The molecule has 0 radical (unpaired) electrons. The lowest BCUT2D eigenvalue weighted by Gasteiger charge is -2.11. The molecule has 2 rings (SSSR count). The average molecular weight is 283 g/mol. The quantitative estimate of drug-likeness (QED) is 0.916. The van der Waals surface area contributed by atoms with Gasteiger partial charge in [0.25, 0.3) is 0 Å². The fourth-order valence-corrected chi connectivity index (χ4v) is 1.57. The van der Waals surface area contributed by atoms with Crippen molar-refractivity contribution in [3.05, 3.63) is 41.1 Å². The number of halogens is 3. The first-order valence-electron chi connectivity index (χ1n) is 5.72.